The standard InChI is InChI=1S/C14H17FN2O/c1-11-10-17(9-8-16-11)14(18)7-4-12-2-5-13(15)6-3-12/h2-7,11,16H,8-10H2,1H3/b7-4+/t11-/m0/s1. The normalized spacial score (nSPS) is 20.3. The Labute approximate surface area is 106 Å². The van der Waals surface area contributed by atoms with Crippen molar-refractivity contribution < 1.29 is 9.18 Å². The van der Waals surface area contributed by atoms with Crippen molar-refractivity contribution in [1.29, 1.82) is 0 Å². The van der Waals surface area contributed by atoms with Crippen molar-refractivity contribution in [2.24, 2.45) is 0 Å². The van der Waals surface area contributed by atoms with Crippen LogP contribution in [0.5, 0.6) is 0 Å². The number of carbonyl (C=O) groups excluding carboxylic acids is 1. The third-order valence-corrected chi connectivity index (χ3v) is 2.97. The fourth-order valence-electron chi connectivity index (χ4n) is 1.98. The van der Waals surface area contributed by atoms with Gasteiger partial charge in [-0.15, -0.1) is 0 Å². The van der Waals surface area contributed by atoms with E-state index < -0.39 is 0 Å². The van der Waals surface area contributed by atoms with Crippen LogP contribution in [0.3, 0.4) is 0 Å². The van der Waals surface area contributed by atoms with Crippen molar-refractivity contribution in [3.8, 4) is 0 Å². The van der Waals surface area contributed by atoms with Gasteiger partial charge in [0.1, 0.15) is 5.82 Å². The van der Waals surface area contributed by atoms with Crippen LogP contribution in [0.2, 0.25) is 0 Å². The zero-order valence-corrected chi connectivity index (χ0v) is 10.4. The molecule has 1 heterocycles. The topological polar surface area (TPSA) is 32.3 Å². The molecule has 1 aliphatic heterocycles. The van der Waals surface area contributed by atoms with E-state index in [4.69, 9.17) is 0 Å². The predicted molar refractivity (Wildman–Crippen MR) is 69.5 cm³/mol. The Kier molecular flexibility index (Phi) is 4.10. The highest BCUT2D eigenvalue weighted by molar-refractivity contribution is 5.91. The summed E-state index contributed by atoms with van der Waals surface area (Å²) < 4.78 is 12.7. The van der Waals surface area contributed by atoms with Gasteiger partial charge < -0.3 is 10.2 Å². The summed E-state index contributed by atoms with van der Waals surface area (Å²) in [5.74, 6) is -0.262. The van der Waals surface area contributed by atoms with E-state index in [0.29, 0.717) is 6.04 Å². The van der Waals surface area contributed by atoms with Gasteiger partial charge in [-0.2, -0.15) is 0 Å². The Bertz CT molecular complexity index is 442. The summed E-state index contributed by atoms with van der Waals surface area (Å²) in [6.45, 7) is 4.35. The molecule has 0 radical (unpaired) electrons. The van der Waals surface area contributed by atoms with Crippen molar-refractivity contribution in [1.82, 2.24) is 10.2 Å². The molecule has 1 aromatic carbocycles. The highest BCUT2D eigenvalue weighted by Gasteiger charge is 2.18. The summed E-state index contributed by atoms with van der Waals surface area (Å²) >= 11 is 0. The van der Waals surface area contributed by atoms with E-state index in [9.17, 15) is 9.18 Å². The number of rotatable bonds is 2. The van der Waals surface area contributed by atoms with Gasteiger partial charge in [0.2, 0.25) is 5.91 Å². The van der Waals surface area contributed by atoms with Crippen LogP contribution >= 0.6 is 0 Å². The number of halogens is 1. The van der Waals surface area contributed by atoms with Gasteiger partial charge >= 0.3 is 0 Å². The minimum Gasteiger partial charge on any atom is -0.336 e. The molecular weight excluding hydrogens is 231 g/mol. The third-order valence-electron chi connectivity index (χ3n) is 2.97. The number of carbonyl (C=O) groups is 1. The van der Waals surface area contributed by atoms with Gasteiger partial charge in [-0.3, -0.25) is 4.79 Å². The second kappa shape index (κ2) is 5.78. The largest absolute Gasteiger partial charge is 0.336 e. The van der Waals surface area contributed by atoms with Gasteiger partial charge in [0, 0.05) is 31.8 Å². The molecule has 1 fully saturated rings. The zero-order chi connectivity index (χ0) is 13.0. The fourth-order valence-corrected chi connectivity index (χ4v) is 1.98. The molecule has 3 nitrogen and oxygen atoms in total. The molecule has 0 bridgehead atoms. The molecule has 0 aromatic heterocycles. The summed E-state index contributed by atoms with van der Waals surface area (Å²) in [6, 6.07) is 6.41. The lowest BCUT2D eigenvalue weighted by Gasteiger charge is -2.31. The minimum atomic E-state index is -0.269. The fraction of sp³-hybridized carbons (Fsp3) is 0.357. The Morgan fingerprint density at radius 2 is 2.17 bits per heavy atom. The number of nitrogens with zero attached hydrogens (tertiary/aromatic N) is 1. The first kappa shape index (κ1) is 12.8. The molecule has 18 heavy (non-hydrogen) atoms. The van der Waals surface area contributed by atoms with E-state index in [-0.39, 0.29) is 11.7 Å². The molecule has 1 N–H and O–H groups in total. The maximum Gasteiger partial charge on any atom is 0.246 e. The first-order valence-corrected chi connectivity index (χ1v) is 6.11. The molecule has 1 atom stereocenters. The lowest BCUT2D eigenvalue weighted by Crippen LogP contribution is -2.50. The highest BCUT2D eigenvalue weighted by atomic mass is 19.1. The van der Waals surface area contributed by atoms with Gasteiger partial charge in [0.05, 0.1) is 0 Å². The van der Waals surface area contributed by atoms with Gasteiger partial charge in [0.15, 0.2) is 0 Å². The summed E-state index contributed by atoms with van der Waals surface area (Å²) in [5.41, 5.74) is 0.827. The average molecular weight is 248 g/mol. The van der Waals surface area contributed by atoms with Crippen molar-refractivity contribution in [2.75, 3.05) is 19.6 Å². The molecule has 0 spiro atoms. The summed E-state index contributed by atoms with van der Waals surface area (Å²) in [7, 11) is 0. The van der Waals surface area contributed by atoms with Gasteiger partial charge in [-0.1, -0.05) is 12.1 Å². The highest BCUT2D eigenvalue weighted by Crippen LogP contribution is 2.06. The Balaban J connectivity index is 1.96. The molecule has 2 rings (SSSR count). The van der Waals surface area contributed by atoms with Crippen LogP contribution in [-0.2, 0) is 4.79 Å². The third kappa shape index (κ3) is 3.40. The first-order valence-electron chi connectivity index (χ1n) is 6.11. The minimum absolute atomic E-state index is 0.00711. The summed E-state index contributed by atoms with van der Waals surface area (Å²) in [5, 5.41) is 3.29. The molecule has 1 saturated heterocycles. The first-order chi connectivity index (χ1) is 8.65. The predicted octanol–water partition coefficient (Wildman–Crippen LogP) is 1.66. The van der Waals surface area contributed by atoms with Crippen molar-refractivity contribution in [2.45, 2.75) is 13.0 Å². The van der Waals surface area contributed by atoms with E-state index in [1.54, 1.807) is 24.3 Å². The molecule has 4 heteroatoms. The molecule has 0 aliphatic carbocycles. The van der Waals surface area contributed by atoms with Crippen LogP contribution in [0.4, 0.5) is 4.39 Å². The molecule has 96 valence electrons. The van der Waals surface area contributed by atoms with Crippen molar-refractivity contribution in [3.63, 3.8) is 0 Å². The molecule has 0 saturated carbocycles. The molecule has 1 aliphatic rings. The maximum atomic E-state index is 12.7. The van der Waals surface area contributed by atoms with Crippen LogP contribution in [0, 0.1) is 5.82 Å². The van der Waals surface area contributed by atoms with E-state index in [0.717, 1.165) is 25.2 Å². The molecule has 1 amide bonds. The number of hydrogen-bond donors (Lipinski definition) is 1. The van der Waals surface area contributed by atoms with E-state index in [1.165, 1.54) is 12.1 Å². The van der Waals surface area contributed by atoms with E-state index in [1.807, 2.05) is 4.90 Å². The molecular formula is C14H17FN2O. The van der Waals surface area contributed by atoms with Gasteiger partial charge in [-0.25, -0.2) is 4.39 Å². The van der Waals surface area contributed by atoms with E-state index >= 15 is 0 Å². The van der Waals surface area contributed by atoms with Crippen molar-refractivity contribution >= 4 is 12.0 Å². The molecule has 0 unspecified atom stereocenters. The van der Waals surface area contributed by atoms with Crippen LogP contribution < -0.4 is 5.32 Å². The van der Waals surface area contributed by atoms with Crippen LogP contribution in [0.15, 0.2) is 30.3 Å². The second-order valence-electron chi connectivity index (χ2n) is 4.52. The maximum absolute atomic E-state index is 12.7. The number of hydrogen-bond acceptors (Lipinski definition) is 2. The summed E-state index contributed by atoms with van der Waals surface area (Å²) in [6.07, 6.45) is 3.26. The zero-order valence-electron chi connectivity index (χ0n) is 10.4. The number of amides is 1. The quantitative estimate of drug-likeness (QED) is 0.807. The van der Waals surface area contributed by atoms with Crippen LogP contribution in [-0.4, -0.2) is 36.5 Å². The van der Waals surface area contributed by atoms with Crippen LogP contribution in [0.25, 0.3) is 6.08 Å². The molecule has 1 aromatic rings. The van der Waals surface area contributed by atoms with Crippen LogP contribution in [0.1, 0.15) is 12.5 Å². The van der Waals surface area contributed by atoms with Crippen molar-refractivity contribution in [3.05, 3.63) is 41.7 Å². The van der Waals surface area contributed by atoms with Gasteiger partial charge in [0.25, 0.3) is 0 Å². The number of nitrogens with one attached hydrogen (secondary N) is 1. The second-order valence-corrected chi connectivity index (χ2v) is 4.52. The van der Waals surface area contributed by atoms with Gasteiger partial charge in [-0.05, 0) is 30.7 Å². The summed E-state index contributed by atoms with van der Waals surface area (Å²) in [4.78, 5) is 13.7. The lowest BCUT2D eigenvalue weighted by molar-refractivity contribution is -0.127. The Morgan fingerprint density at radius 3 is 2.83 bits per heavy atom. The Morgan fingerprint density at radius 1 is 1.44 bits per heavy atom. The number of benzene rings is 1. The Hall–Kier alpha value is -1.68. The average Bonchev–Trinajstić information content (AvgIpc) is 2.38. The SMILES string of the molecule is C[C@H]1CN(C(=O)/C=C/c2ccc(F)cc2)CCN1. The lowest BCUT2D eigenvalue weighted by atomic mass is 10.2. The number of piperazine rings is 1. The smallest absolute Gasteiger partial charge is 0.246 e. The van der Waals surface area contributed by atoms with E-state index in [2.05, 4.69) is 12.2 Å². The monoisotopic (exact) mass is 248 g/mol.